The number of ketones is 1. The molecule has 0 amide bonds. The zero-order valence-corrected chi connectivity index (χ0v) is 17.1. The Hall–Kier alpha value is -2.93. The summed E-state index contributed by atoms with van der Waals surface area (Å²) in [7, 11) is 1.56. The number of benzene rings is 1. The summed E-state index contributed by atoms with van der Waals surface area (Å²) >= 11 is 1.50. The molecule has 3 rings (SSSR count). The maximum atomic E-state index is 12.6. The predicted octanol–water partition coefficient (Wildman–Crippen LogP) is 3.84. The van der Waals surface area contributed by atoms with Crippen LogP contribution in [0.25, 0.3) is 5.13 Å². The van der Waals surface area contributed by atoms with Crippen molar-refractivity contribution in [3.8, 4) is 10.9 Å². The third kappa shape index (κ3) is 4.14. The molecule has 2 aromatic heterocycles. The van der Waals surface area contributed by atoms with Crippen LogP contribution in [0.3, 0.4) is 0 Å². The van der Waals surface area contributed by atoms with Crippen molar-refractivity contribution in [1.82, 2.24) is 9.55 Å². The third-order valence-electron chi connectivity index (χ3n) is 4.48. The van der Waals surface area contributed by atoms with E-state index in [9.17, 15) is 9.59 Å². The van der Waals surface area contributed by atoms with Crippen LogP contribution in [-0.4, -0.2) is 35.0 Å². The maximum absolute atomic E-state index is 12.6. The number of methoxy groups -OCH3 is 1. The SMILES string of the molecule is COc1ccc(C)cc1CC(=O)OCC(=O)c1cc(C)n(-c2nccs2)c1C. The molecule has 0 bridgehead atoms. The lowest BCUT2D eigenvalue weighted by molar-refractivity contribution is -0.141. The molecule has 0 unspecified atom stereocenters. The van der Waals surface area contributed by atoms with Crippen molar-refractivity contribution in [2.24, 2.45) is 0 Å². The van der Waals surface area contributed by atoms with E-state index in [0.29, 0.717) is 11.3 Å². The van der Waals surface area contributed by atoms with Gasteiger partial charge in [-0.25, -0.2) is 4.98 Å². The number of carbonyl (C=O) groups is 2. The first kappa shape index (κ1) is 19.8. The molecule has 0 N–H and O–H groups in total. The van der Waals surface area contributed by atoms with Crippen LogP contribution >= 0.6 is 11.3 Å². The Kier molecular flexibility index (Phi) is 5.94. The molecular formula is C21H22N2O4S. The molecule has 6 nitrogen and oxygen atoms in total. The number of rotatable bonds is 7. The Labute approximate surface area is 167 Å². The average Bonchev–Trinajstić information content (AvgIpc) is 3.27. The molecule has 0 saturated heterocycles. The summed E-state index contributed by atoms with van der Waals surface area (Å²) < 4.78 is 12.4. The minimum absolute atomic E-state index is 0.0519. The standard InChI is InChI=1S/C21H22N2O4S/c1-13-5-6-19(26-4)16(9-13)11-20(25)27-12-18(24)17-10-14(2)23(15(17)3)21-22-7-8-28-21/h5-10H,11-12H2,1-4H3. The third-order valence-corrected chi connectivity index (χ3v) is 5.23. The highest BCUT2D eigenvalue weighted by Crippen LogP contribution is 2.23. The van der Waals surface area contributed by atoms with E-state index in [1.807, 2.05) is 48.9 Å². The smallest absolute Gasteiger partial charge is 0.310 e. The number of Topliss-reactive ketones (excluding diaryl/α,β-unsaturated/α-hetero) is 1. The molecule has 0 fully saturated rings. The summed E-state index contributed by atoms with van der Waals surface area (Å²) in [6.45, 7) is 5.42. The van der Waals surface area contributed by atoms with Gasteiger partial charge in [0.15, 0.2) is 11.7 Å². The lowest BCUT2D eigenvalue weighted by atomic mass is 10.1. The van der Waals surface area contributed by atoms with Gasteiger partial charge in [-0.15, -0.1) is 11.3 Å². The van der Waals surface area contributed by atoms with E-state index in [4.69, 9.17) is 9.47 Å². The summed E-state index contributed by atoms with van der Waals surface area (Å²) in [6.07, 6.45) is 1.78. The zero-order chi connectivity index (χ0) is 20.3. The first-order valence-electron chi connectivity index (χ1n) is 8.82. The second-order valence-corrected chi connectivity index (χ2v) is 7.38. The minimum Gasteiger partial charge on any atom is -0.496 e. The van der Waals surface area contributed by atoms with Gasteiger partial charge in [0, 0.05) is 34.1 Å². The topological polar surface area (TPSA) is 70.4 Å². The van der Waals surface area contributed by atoms with Gasteiger partial charge in [0.25, 0.3) is 0 Å². The number of nitrogens with zero attached hydrogens (tertiary/aromatic N) is 2. The maximum Gasteiger partial charge on any atom is 0.310 e. The number of thiazole rings is 1. The van der Waals surface area contributed by atoms with E-state index >= 15 is 0 Å². The van der Waals surface area contributed by atoms with Crippen LogP contribution in [0.15, 0.2) is 35.8 Å². The summed E-state index contributed by atoms with van der Waals surface area (Å²) in [6, 6.07) is 7.41. The average molecular weight is 398 g/mol. The quantitative estimate of drug-likeness (QED) is 0.447. The molecule has 7 heteroatoms. The first-order valence-corrected chi connectivity index (χ1v) is 9.69. The van der Waals surface area contributed by atoms with E-state index < -0.39 is 5.97 Å². The Morgan fingerprint density at radius 2 is 1.96 bits per heavy atom. The van der Waals surface area contributed by atoms with Gasteiger partial charge in [-0.2, -0.15) is 0 Å². The largest absolute Gasteiger partial charge is 0.496 e. The van der Waals surface area contributed by atoms with Gasteiger partial charge < -0.3 is 9.47 Å². The van der Waals surface area contributed by atoms with Crippen LogP contribution in [-0.2, 0) is 16.0 Å². The van der Waals surface area contributed by atoms with Gasteiger partial charge in [0.1, 0.15) is 5.75 Å². The van der Waals surface area contributed by atoms with Crippen molar-refractivity contribution in [3.63, 3.8) is 0 Å². The van der Waals surface area contributed by atoms with Crippen LogP contribution in [0.5, 0.6) is 5.75 Å². The molecule has 0 radical (unpaired) electrons. The van der Waals surface area contributed by atoms with Gasteiger partial charge in [0.2, 0.25) is 5.78 Å². The predicted molar refractivity (Wildman–Crippen MR) is 108 cm³/mol. The van der Waals surface area contributed by atoms with Crippen LogP contribution in [0.2, 0.25) is 0 Å². The van der Waals surface area contributed by atoms with Crippen LogP contribution in [0.1, 0.15) is 32.9 Å². The van der Waals surface area contributed by atoms with Gasteiger partial charge in [-0.05, 0) is 32.9 Å². The molecule has 0 aliphatic heterocycles. The first-order chi connectivity index (χ1) is 13.4. The highest BCUT2D eigenvalue weighted by atomic mass is 32.1. The second-order valence-electron chi connectivity index (χ2n) is 6.51. The number of esters is 1. The number of hydrogen-bond donors (Lipinski definition) is 0. The lowest BCUT2D eigenvalue weighted by Gasteiger charge is -2.09. The second kappa shape index (κ2) is 8.39. The summed E-state index contributed by atoms with van der Waals surface area (Å²) in [5, 5.41) is 2.69. The van der Waals surface area contributed by atoms with Crippen molar-refractivity contribution >= 4 is 23.1 Å². The van der Waals surface area contributed by atoms with Gasteiger partial charge in [-0.3, -0.25) is 14.2 Å². The molecule has 1 aromatic carbocycles. The summed E-state index contributed by atoms with van der Waals surface area (Å²) in [4.78, 5) is 29.1. The van der Waals surface area contributed by atoms with E-state index in [-0.39, 0.29) is 18.8 Å². The fourth-order valence-corrected chi connectivity index (χ4v) is 3.89. The molecule has 0 aliphatic rings. The highest BCUT2D eigenvalue weighted by Gasteiger charge is 2.19. The number of carbonyl (C=O) groups excluding carboxylic acids is 2. The molecule has 3 aromatic rings. The van der Waals surface area contributed by atoms with Crippen molar-refractivity contribution in [2.75, 3.05) is 13.7 Å². The van der Waals surface area contributed by atoms with E-state index in [1.54, 1.807) is 19.4 Å². The lowest BCUT2D eigenvalue weighted by Crippen LogP contribution is -2.16. The van der Waals surface area contributed by atoms with Crippen molar-refractivity contribution in [2.45, 2.75) is 27.2 Å². The summed E-state index contributed by atoms with van der Waals surface area (Å²) in [5.41, 5.74) is 3.99. The van der Waals surface area contributed by atoms with Gasteiger partial charge in [-0.1, -0.05) is 17.7 Å². The van der Waals surface area contributed by atoms with Crippen LogP contribution < -0.4 is 4.74 Å². The molecule has 0 spiro atoms. The molecule has 28 heavy (non-hydrogen) atoms. The van der Waals surface area contributed by atoms with E-state index in [2.05, 4.69) is 4.98 Å². The number of hydrogen-bond acceptors (Lipinski definition) is 6. The normalized spacial score (nSPS) is 10.7. The van der Waals surface area contributed by atoms with Crippen molar-refractivity contribution in [1.29, 1.82) is 0 Å². The fraction of sp³-hybridized carbons (Fsp3) is 0.286. The Bertz CT molecular complexity index is 1010. The van der Waals surface area contributed by atoms with Gasteiger partial charge >= 0.3 is 5.97 Å². The fourth-order valence-electron chi connectivity index (χ4n) is 3.14. The molecule has 0 atom stereocenters. The minimum atomic E-state index is -0.467. The monoisotopic (exact) mass is 398 g/mol. The Morgan fingerprint density at radius 1 is 1.18 bits per heavy atom. The van der Waals surface area contributed by atoms with Crippen molar-refractivity contribution < 1.29 is 19.1 Å². The highest BCUT2D eigenvalue weighted by molar-refractivity contribution is 7.12. The number of ether oxygens (including phenoxy) is 2. The number of aryl methyl sites for hydroxylation is 2. The number of aromatic nitrogens is 2. The zero-order valence-electron chi connectivity index (χ0n) is 16.3. The molecule has 0 saturated carbocycles. The van der Waals surface area contributed by atoms with E-state index in [0.717, 1.165) is 27.6 Å². The molecule has 2 heterocycles. The Balaban J connectivity index is 1.67. The van der Waals surface area contributed by atoms with Crippen LogP contribution in [0, 0.1) is 20.8 Å². The van der Waals surface area contributed by atoms with E-state index in [1.165, 1.54) is 11.3 Å². The van der Waals surface area contributed by atoms with Crippen LogP contribution in [0.4, 0.5) is 0 Å². The molecule has 146 valence electrons. The molecular weight excluding hydrogens is 376 g/mol. The van der Waals surface area contributed by atoms with Gasteiger partial charge in [0.05, 0.1) is 13.5 Å². The summed E-state index contributed by atoms with van der Waals surface area (Å²) in [5.74, 6) is -0.0766. The van der Waals surface area contributed by atoms with Crippen molar-refractivity contribution in [3.05, 3.63) is 63.9 Å². The Morgan fingerprint density at radius 3 is 2.64 bits per heavy atom. The molecule has 0 aliphatic carbocycles.